The molecule has 0 bridgehead atoms. The predicted molar refractivity (Wildman–Crippen MR) is 107 cm³/mol. The van der Waals surface area contributed by atoms with E-state index in [1.54, 1.807) is 36.4 Å². The minimum absolute atomic E-state index is 0.115. The first-order chi connectivity index (χ1) is 13.5. The van der Waals surface area contributed by atoms with Gasteiger partial charge in [0.15, 0.2) is 0 Å². The molecule has 0 aliphatic heterocycles. The standard InChI is InChI=1S/C21H17N3O3S/c1-15-10-12-16(13-11-15)20-22-21(27-23-20)17-6-5-9-19(14-17)28(25,26)24-18-7-3-2-4-8-18/h2-14,24H,1H3. The number of benzene rings is 3. The first-order valence-corrected chi connectivity index (χ1v) is 10.1. The van der Waals surface area contributed by atoms with Crippen LogP contribution < -0.4 is 4.72 Å². The van der Waals surface area contributed by atoms with E-state index in [0.29, 0.717) is 17.1 Å². The van der Waals surface area contributed by atoms with Crippen LogP contribution in [0.1, 0.15) is 5.56 Å². The van der Waals surface area contributed by atoms with Crippen LogP contribution in [0.5, 0.6) is 0 Å². The summed E-state index contributed by atoms with van der Waals surface area (Å²) in [6.07, 6.45) is 0. The van der Waals surface area contributed by atoms with Gasteiger partial charge in [0.2, 0.25) is 5.82 Å². The molecule has 0 radical (unpaired) electrons. The zero-order valence-corrected chi connectivity index (χ0v) is 15.8. The van der Waals surface area contributed by atoms with E-state index in [2.05, 4.69) is 14.9 Å². The van der Waals surface area contributed by atoms with E-state index in [4.69, 9.17) is 4.52 Å². The number of hydrogen-bond acceptors (Lipinski definition) is 5. The van der Waals surface area contributed by atoms with Crippen LogP contribution in [0.25, 0.3) is 22.8 Å². The molecule has 0 amide bonds. The minimum Gasteiger partial charge on any atom is -0.334 e. The molecular weight excluding hydrogens is 374 g/mol. The van der Waals surface area contributed by atoms with Gasteiger partial charge in [0.05, 0.1) is 4.90 Å². The Morgan fingerprint density at radius 1 is 0.857 bits per heavy atom. The second-order valence-electron chi connectivity index (χ2n) is 6.29. The number of rotatable bonds is 5. The fourth-order valence-electron chi connectivity index (χ4n) is 2.68. The van der Waals surface area contributed by atoms with Gasteiger partial charge in [-0.25, -0.2) is 8.42 Å². The Hall–Kier alpha value is -3.45. The molecule has 1 N–H and O–H groups in total. The molecule has 1 heterocycles. The van der Waals surface area contributed by atoms with Gasteiger partial charge in [-0.15, -0.1) is 0 Å². The van der Waals surface area contributed by atoms with Crippen LogP contribution in [0.3, 0.4) is 0 Å². The van der Waals surface area contributed by atoms with Gasteiger partial charge in [0.25, 0.3) is 15.9 Å². The first-order valence-electron chi connectivity index (χ1n) is 8.60. The summed E-state index contributed by atoms with van der Waals surface area (Å²) in [5.41, 5.74) is 2.99. The highest BCUT2D eigenvalue weighted by molar-refractivity contribution is 7.92. The molecule has 0 unspecified atom stereocenters. The Labute approximate surface area is 162 Å². The van der Waals surface area contributed by atoms with Crippen molar-refractivity contribution in [2.75, 3.05) is 4.72 Å². The van der Waals surface area contributed by atoms with Crippen molar-refractivity contribution in [3.63, 3.8) is 0 Å². The molecule has 0 saturated heterocycles. The molecule has 4 aromatic rings. The maximum atomic E-state index is 12.7. The zero-order valence-electron chi connectivity index (χ0n) is 15.0. The van der Waals surface area contributed by atoms with Crippen LogP contribution >= 0.6 is 0 Å². The van der Waals surface area contributed by atoms with Crippen LogP contribution in [-0.2, 0) is 10.0 Å². The van der Waals surface area contributed by atoms with Gasteiger partial charge < -0.3 is 4.52 Å². The number of anilines is 1. The maximum absolute atomic E-state index is 12.7. The molecule has 7 heteroatoms. The second kappa shape index (κ2) is 7.28. The maximum Gasteiger partial charge on any atom is 0.261 e. The molecule has 1 aromatic heterocycles. The fourth-order valence-corrected chi connectivity index (χ4v) is 3.78. The largest absolute Gasteiger partial charge is 0.334 e. The zero-order chi connectivity index (χ0) is 19.6. The second-order valence-corrected chi connectivity index (χ2v) is 7.97. The number of nitrogens with one attached hydrogen (secondary N) is 1. The number of para-hydroxylation sites is 1. The van der Waals surface area contributed by atoms with Gasteiger partial charge in [-0.2, -0.15) is 4.98 Å². The van der Waals surface area contributed by atoms with Gasteiger partial charge in [-0.3, -0.25) is 4.72 Å². The van der Waals surface area contributed by atoms with Gasteiger partial charge in [0.1, 0.15) is 0 Å². The Morgan fingerprint density at radius 2 is 1.61 bits per heavy atom. The van der Waals surface area contributed by atoms with E-state index in [1.165, 1.54) is 12.1 Å². The highest BCUT2D eigenvalue weighted by Gasteiger charge is 2.17. The lowest BCUT2D eigenvalue weighted by Crippen LogP contribution is -2.12. The molecule has 28 heavy (non-hydrogen) atoms. The number of nitrogens with zero attached hydrogens (tertiary/aromatic N) is 2. The Morgan fingerprint density at radius 3 is 2.36 bits per heavy atom. The third-order valence-electron chi connectivity index (χ3n) is 4.15. The van der Waals surface area contributed by atoms with Crippen molar-refractivity contribution in [3.8, 4) is 22.8 Å². The summed E-state index contributed by atoms with van der Waals surface area (Å²) >= 11 is 0. The first kappa shape index (κ1) is 17.9. The lowest BCUT2D eigenvalue weighted by Gasteiger charge is -2.08. The van der Waals surface area contributed by atoms with E-state index >= 15 is 0 Å². The summed E-state index contributed by atoms with van der Waals surface area (Å²) < 4.78 is 33.2. The molecule has 4 rings (SSSR count). The van der Waals surface area contributed by atoms with Gasteiger partial charge in [0, 0.05) is 16.8 Å². The van der Waals surface area contributed by atoms with Crippen molar-refractivity contribution >= 4 is 15.7 Å². The van der Waals surface area contributed by atoms with Crippen LogP contribution in [0, 0.1) is 6.92 Å². The van der Waals surface area contributed by atoms with E-state index in [9.17, 15) is 8.42 Å². The quantitative estimate of drug-likeness (QED) is 0.541. The van der Waals surface area contributed by atoms with Crippen molar-refractivity contribution in [1.29, 1.82) is 0 Å². The van der Waals surface area contributed by atoms with Crippen LogP contribution in [-0.4, -0.2) is 18.6 Å². The summed E-state index contributed by atoms with van der Waals surface area (Å²) in [7, 11) is -3.73. The summed E-state index contributed by atoms with van der Waals surface area (Å²) in [5, 5.41) is 4.00. The third-order valence-corrected chi connectivity index (χ3v) is 5.53. The molecule has 0 saturated carbocycles. The summed E-state index contributed by atoms with van der Waals surface area (Å²) in [5.74, 6) is 0.706. The van der Waals surface area contributed by atoms with E-state index < -0.39 is 10.0 Å². The molecule has 0 aliphatic carbocycles. The number of aryl methyl sites for hydroxylation is 1. The Balaban J connectivity index is 1.63. The van der Waals surface area contributed by atoms with Crippen molar-refractivity contribution in [1.82, 2.24) is 10.1 Å². The Bertz CT molecular complexity index is 1200. The van der Waals surface area contributed by atoms with Crippen molar-refractivity contribution < 1.29 is 12.9 Å². The highest BCUT2D eigenvalue weighted by atomic mass is 32.2. The third kappa shape index (κ3) is 3.79. The normalized spacial score (nSPS) is 11.3. The topological polar surface area (TPSA) is 85.1 Å². The molecule has 6 nitrogen and oxygen atoms in total. The molecular formula is C21H17N3O3S. The van der Waals surface area contributed by atoms with Gasteiger partial charge >= 0.3 is 0 Å². The van der Waals surface area contributed by atoms with E-state index in [0.717, 1.165) is 11.1 Å². The lowest BCUT2D eigenvalue weighted by molar-refractivity contribution is 0.432. The van der Waals surface area contributed by atoms with Crippen LogP contribution in [0.4, 0.5) is 5.69 Å². The number of hydrogen-bond donors (Lipinski definition) is 1. The van der Waals surface area contributed by atoms with Crippen molar-refractivity contribution in [2.45, 2.75) is 11.8 Å². The summed E-state index contributed by atoms with van der Waals surface area (Å²) in [6, 6.07) is 22.9. The average molecular weight is 391 g/mol. The minimum atomic E-state index is -3.73. The molecule has 3 aromatic carbocycles. The fraction of sp³-hybridized carbons (Fsp3) is 0.0476. The summed E-state index contributed by atoms with van der Waals surface area (Å²) in [6.45, 7) is 2.00. The number of sulfonamides is 1. The monoisotopic (exact) mass is 391 g/mol. The van der Waals surface area contributed by atoms with E-state index in [-0.39, 0.29) is 10.8 Å². The molecule has 0 fully saturated rings. The van der Waals surface area contributed by atoms with Gasteiger partial charge in [-0.05, 0) is 37.3 Å². The number of aromatic nitrogens is 2. The van der Waals surface area contributed by atoms with Crippen LogP contribution in [0.2, 0.25) is 0 Å². The summed E-state index contributed by atoms with van der Waals surface area (Å²) in [4.78, 5) is 4.51. The lowest BCUT2D eigenvalue weighted by atomic mass is 10.1. The van der Waals surface area contributed by atoms with Crippen molar-refractivity contribution in [3.05, 3.63) is 84.4 Å². The molecule has 0 aliphatic rings. The Kier molecular flexibility index (Phi) is 4.67. The SMILES string of the molecule is Cc1ccc(-c2noc(-c3cccc(S(=O)(=O)Nc4ccccc4)c3)n2)cc1. The molecule has 0 spiro atoms. The van der Waals surface area contributed by atoms with E-state index in [1.807, 2.05) is 37.3 Å². The van der Waals surface area contributed by atoms with Gasteiger partial charge in [-0.1, -0.05) is 59.3 Å². The smallest absolute Gasteiger partial charge is 0.261 e. The van der Waals surface area contributed by atoms with Crippen LogP contribution in [0.15, 0.2) is 88.3 Å². The molecule has 0 atom stereocenters. The van der Waals surface area contributed by atoms with Crippen molar-refractivity contribution in [2.24, 2.45) is 0 Å². The average Bonchev–Trinajstić information content (AvgIpc) is 3.19. The predicted octanol–water partition coefficient (Wildman–Crippen LogP) is 4.51. The highest BCUT2D eigenvalue weighted by Crippen LogP contribution is 2.25. The molecule has 140 valence electrons.